The lowest BCUT2D eigenvalue weighted by atomic mass is 9.99. The molecule has 160 valence electrons. The number of rotatable bonds is 12. The predicted molar refractivity (Wildman–Crippen MR) is 125 cm³/mol. The highest BCUT2D eigenvalue weighted by Gasteiger charge is 2.18. The first-order valence-corrected chi connectivity index (χ1v) is 10.4. The topological polar surface area (TPSA) is 27.6 Å². The minimum atomic E-state index is -0.198. The van der Waals surface area contributed by atoms with Gasteiger partial charge in [0.05, 0.1) is 0 Å². The summed E-state index contributed by atoms with van der Waals surface area (Å²) in [4.78, 5) is 6.54. The maximum atomic E-state index is 13.7. The van der Waals surface area contributed by atoms with Crippen molar-refractivity contribution in [2.45, 2.75) is 47.5 Å². The number of nitrogens with zero attached hydrogens (tertiary/aromatic N) is 2. The molecule has 0 aromatic heterocycles. The standard InChI is InChI=1S/C25H38FN3/c1-9-27-15-25(21(7)28-14-18(2)3)22(8)29(16-19(4)5)17-20(6)23-11-10-12-24(26)13-23/h9-13,15,18-20,28H,1,8,14,16-17H2,2-7H3. The minimum absolute atomic E-state index is 0.169. The Morgan fingerprint density at radius 1 is 1.17 bits per heavy atom. The fraction of sp³-hybridized carbons (Fsp3) is 0.480. The fourth-order valence-electron chi connectivity index (χ4n) is 3.12. The highest BCUT2D eigenvalue weighted by Crippen LogP contribution is 2.23. The van der Waals surface area contributed by atoms with Crippen LogP contribution in [0, 0.1) is 17.7 Å². The van der Waals surface area contributed by atoms with Crippen LogP contribution in [0.5, 0.6) is 0 Å². The molecule has 0 aliphatic heterocycles. The van der Waals surface area contributed by atoms with E-state index in [0.29, 0.717) is 11.8 Å². The lowest BCUT2D eigenvalue weighted by molar-refractivity contribution is 0.297. The van der Waals surface area contributed by atoms with Gasteiger partial charge in [0.25, 0.3) is 0 Å². The summed E-state index contributed by atoms with van der Waals surface area (Å²) >= 11 is 0. The summed E-state index contributed by atoms with van der Waals surface area (Å²) in [7, 11) is 0. The molecule has 1 aromatic rings. The van der Waals surface area contributed by atoms with E-state index < -0.39 is 0 Å². The van der Waals surface area contributed by atoms with E-state index in [1.165, 1.54) is 12.3 Å². The third-order valence-electron chi connectivity index (χ3n) is 4.68. The van der Waals surface area contributed by atoms with Gasteiger partial charge in [-0.1, -0.05) is 59.9 Å². The molecule has 4 heteroatoms. The Balaban J connectivity index is 3.16. The van der Waals surface area contributed by atoms with Crippen LogP contribution in [-0.2, 0) is 0 Å². The normalized spacial score (nSPS) is 13.6. The average Bonchev–Trinajstić information content (AvgIpc) is 2.65. The monoisotopic (exact) mass is 399 g/mol. The Labute approximate surface area is 177 Å². The first-order chi connectivity index (χ1) is 13.6. The van der Waals surface area contributed by atoms with Crippen LogP contribution in [0.4, 0.5) is 4.39 Å². The highest BCUT2D eigenvalue weighted by molar-refractivity contribution is 5.85. The first kappa shape index (κ1) is 24.7. The number of nitrogens with one attached hydrogen (secondary N) is 1. The van der Waals surface area contributed by atoms with Gasteiger partial charge in [0.15, 0.2) is 0 Å². The molecule has 0 aliphatic rings. The lowest BCUT2D eigenvalue weighted by Gasteiger charge is -2.32. The van der Waals surface area contributed by atoms with Gasteiger partial charge in [-0.25, -0.2) is 4.39 Å². The van der Waals surface area contributed by atoms with Crippen LogP contribution in [0.2, 0.25) is 0 Å². The van der Waals surface area contributed by atoms with Gasteiger partial charge >= 0.3 is 0 Å². The second kappa shape index (κ2) is 12.3. The fourth-order valence-corrected chi connectivity index (χ4v) is 3.12. The maximum absolute atomic E-state index is 13.7. The lowest BCUT2D eigenvalue weighted by Crippen LogP contribution is -2.32. The molecule has 0 aliphatic carbocycles. The van der Waals surface area contributed by atoms with Crippen molar-refractivity contribution < 1.29 is 4.39 Å². The molecule has 0 saturated carbocycles. The van der Waals surface area contributed by atoms with E-state index in [-0.39, 0.29) is 11.7 Å². The zero-order valence-electron chi connectivity index (χ0n) is 19.0. The van der Waals surface area contributed by atoms with Crippen LogP contribution in [0.15, 0.2) is 65.6 Å². The third-order valence-corrected chi connectivity index (χ3v) is 4.68. The average molecular weight is 400 g/mol. The summed E-state index contributed by atoms with van der Waals surface area (Å²) in [5.41, 5.74) is 3.92. The van der Waals surface area contributed by atoms with Gasteiger partial charge < -0.3 is 10.2 Å². The Morgan fingerprint density at radius 3 is 2.41 bits per heavy atom. The maximum Gasteiger partial charge on any atom is 0.123 e. The van der Waals surface area contributed by atoms with Crippen molar-refractivity contribution in [1.29, 1.82) is 0 Å². The molecule has 1 unspecified atom stereocenters. The zero-order chi connectivity index (χ0) is 22.0. The SMILES string of the molecule is C=CN=CC(C(=C)N(CC(C)C)CC(C)c1cccc(F)c1)=C(C)NCC(C)C. The van der Waals surface area contributed by atoms with E-state index in [9.17, 15) is 4.39 Å². The highest BCUT2D eigenvalue weighted by atomic mass is 19.1. The van der Waals surface area contributed by atoms with E-state index in [1.54, 1.807) is 12.1 Å². The molecule has 0 radical (unpaired) electrons. The molecule has 1 N–H and O–H groups in total. The Bertz CT molecular complexity index is 731. The quantitative estimate of drug-likeness (QED) is 0.338. The van der Waals surface area contributed by atoms with Crippen molar-refractivity contribution in [1.82, 2.24) is 10.2 Å². The van der Waals surface area contributed by atoms with Crippen LogP contribution in [0.3, 0.4) is 0 Å². The van der Waals surface area contributed by atoms with Crippen molar-refractivity contribution in [3.05, 3.63) is 72.0 Å². The number of hydrogen-bond donors (Lipinski definition) is 1. The number of allylic oxidation sites excluding steroid dienone is 2. The molecule has 1 rings (SSSR count). The number of hydrogen-bond acceptors (Lipinski definition) is 3. The van der Waals surface area contributed by atoms with Gasteiger partial charge in [0.2, 0.25) is 0 Å². The summed E-state index contributed by atoms with van der Waals surface area (Å²) in [6, 6.07) is 6.85. The van der Waals surface area contributed by atoms with Crippen molar-refractivity contribution in [2.75, 3.05) is 19.6 Å². The number of benzene rings is 1. The molecule has 0 saturated heterocycles. The molecular weight excluding hydrogens is 361 g/mol. The first-order valence-electron chi connectivity index (χ1n) is 10.4. The van der Waals surface area contributed by atoms with E-state index in [1.807, 2.05) is 12.3 Å². The molecule has 29 heavy (non-hydrogen) atoms. The Kier molecular flexibility index (Phi) is 10.4. The Morgan fingerprint density at radius 2 is 1.86 bits per heavy atom. The molecular formula is C25H38FN3. The van der Waals surface area contributed by atoms with E-state index in [4.69, 9.17) is 0 Å². The summed E-state index contributed by atoms with van der Waals surface area (Å²) in [5, 5.41) is 3.49. The summed E-state index contributed by atoms with van der Waals surface area (Å²) in [6.07, 6.45) is 3.35. The van der Waals surface area contributed by atoms with Gasteiger partial charge in [-0.05, 0) is 42.4 Å². The Hall–Kier alpha value is -2.36. The molecule has 0 amide bonds. The van der Waals surface area contributed by atoms with Crippen LogP contribution in [0.25, 0.3) is 0 Å². The van der Waals surface area contributed by atoms with Crippen molar-refractivity contribution in [3.63, 3.8) is 0 Å². The molecule has 1 atom stereocenters. The molecule has 0 spiro atoms. The summed E-state index contributed by atoms with van der Waals surface area (Å²) < 4.78 is 13.7. The van der Waals surface area contributed by atoms with E-state index in [0.717, 1.165) is 42.2 Å². The van der Waals surface area contributed by atoms with Crippen LogP contribution < -0.4 is 5.32 Å². The minimum Gasteiger partial charge on any atom is -0.388 e. The van der Waals surface area contributed by atoms with Crippen molar-refractivity contribution in [2.24, 2.45) is 16.8 Å². The van der Waals surface area contributed by atoms with Crippen LogP contribution >= 0.6 is 0 Å². The van der Waals surface area contributed by atoms with Gasteiger partial charge in [0.1, 0.15) is 5.82 Å². The second-order valence-corrected chi connectivity index (χ2v) is 8.48. The van der Waals surface area contributed by atoms with Gasteiger partial charge in [-0.2, -0.15) is 0 Å². The van der Waals surface area contributed by atoms with Gasteiger partial charge in [-0.3, -0.25) is 4.99 Å². The second-order valence-electron chi connectivity index (χ2n) is 8.48. The zero-order valence-corrected chi connectivity index (χ0v) is 19.0. The van der Waals surface area contributed by atoms with Crippen molar-refractivity contribution >= 4 is 6.21 Å². The third kappa shape index (κ3) is 8.68. The smallest absolute Gasteiger partial charge is 0.123 e. The van der Waals surface area contributed by atoms with Gasteiger partial charge in [0, 0.05) is 49.0 Å². The summed E-state index contributed by atoms with van der Waals surface area (Å²) in [5.74, 6) is 0.974. The number of aliphatic imine (C=N–C) groups is 1. The predicted octanol–water partition coefficient (Wildman–Crippen LogP) is 6.13. The molecule has 0 bridgehead atoms. The number of halogens is 1. The molecule has 0 heterocycles. The molecule has 1 aromatic carbocycles. The van der Waals surface area contributed by atoms with Crippen molar-refractivity contribution in [3.8, 4) is 0 Å². The largest absolute Gasteiger partial charge is 0.388 e. The molecule has 3 nitrogen and oxygen atoms in total. The molecule has 0 fully saturated rings. The van der Waals surface area contributed by atoms with Crippen LogP contribution in [0.1, 0.15) is 53.0 Å². The van der Waals surface area contributed by atoms with Crippen LogP contribution in [-0.4, -0.2) is 30.7 Å². The van der Waals surface area contributed by atoms with E-state index >= 15 is 0 Å². The van der Waals surface area contributed by atoms with Gasteiger partial charge in [-0.15, -0.1) is 0 Å². The summed E-state index contributed by atoms with van der Waals surface area (Å²) in [6.45, 7) is 23.5. The van der Waals surface area contributed by atoms with E-state index in [2.05, 4.69) is 69.9 Å².